The summed E-state index contributed by atoms with van der Waals surface area (Å²) in [5, 5.41) is 8.86. The number of primary amides is 1. The molecule has 1 heterocycles. The van der Waals surface area contributed by atoms with Gasteiger partial charge in [-0.15, -0.1) is 10.2 Å². The fourth-order valence-corrected chi connectivity index (χ4v) is 2.48. The predicted molar refractivity (Wildman–Crippen MR) is 87.0 cm³/mol. The van der Waals surface area contributed by atoms with Crippen molar-refractivity contribution in [3.8, 4) is 28.5 Å². The van der Waals surface area contributed by atoms with E-state index in [0.29, 0.717) is 28.0 Å². The molecule has 0 bridgehead atoms. The van der Waals surface area contributed by atoms with Gasteiger partial charge in [0, 0.05) is 5.56 Å². The molecule has 0 aliphatic heterocycles. The minimum atomic E-state index is -0.398. The number of hydrogen-bond donors (Lipinski definition) is 1. The van der Waals surface area contributed by atoms with E-state index in [2.05, 4.69) is 10.2 Å². The number of benzene rings is 1. The van der Waals surface area contributed by atoms with Crippen LogP contribution in [-0.2, 0) is 4.79 Å². The predicted octanol–water partition coefficient (Wildman–Crippen LogP) is 1.75. The van der Waals surface area contributed by atoms with Gasteiger partial charge >= 0.3 is 0 Å². The molecule has 0 atom stereocenters. The van der Waals surface area contributed by atoms with Crippen LogP contribution in [0.25, 0.3) is 11.3 Å². The summed E-state index contributed by atoms with van der Waals surface area (Å²) in [7, 11) is 4.65. The fraction of sp³-hybridized carbons (Fsp3) is 0.267. The molecule has 0 radical (unpaired) electrons. The summed E-state index contributed by atoms with van der Waals surface area (Å²) < 4.78 is 15.9. The lowest BCUT2D eigenvalue weighted by Crippen LogP contribution is -2.13. The number of nitrogens with two attached hydrogens (primary N) is 1. The highest BCUT2D eigenvalue weighted by Crippen LogP contribution is 2.40. The van der Waals surface area contributed by atoms with Gasteiger partial charge in [-0.3, -0.25) is 4.79 Å². The number of ether oxygens (including phenoxy) is 3. The van der Waals surface area contributed by atoms with Crippen molar-refractivity contribution in [2.75, 3.05) is 27.1 Å². The molecule has 23 heavy (non-hydrogen) atoms. The maximum atomic E-state index is 10.8. The third kappa shape index (κ3) is 4.04. The standard InChI is InChI=1S/C15H17N3O4S/c1-20-11-6-9(7-12(21-2)15(11)22-3)10-4-5-14(18-17-10)23-8-13(16)19/h4-7H,8H2,1-3H3,(H2,16,19). The van der Waals surface area contributed by atoms with Crippen molar-refractivity contribution in [1.82, 2.24) is 10.2 Å². The van der Waals surface area contributed by atoms with Crippen LogP contribution in [0.15, 0.2) is 29.3 Å². The molecule has 2 N–H and O–H groups in total. The van der Waals surface area contributed by atoms with Crippen molar-refractivity contribution >= 4 is 17.7 Å². The van der Waals surface area contributed by atoms with E-state index in [1.54, 1.807) is 45.6 Å². The van der Waals surface area contributed by atoms with Crippen molar-refractivity contribution < 1.29 is 19.0 Å². The lowest BCUT2D eigenvalue weighted by atomic mass is 10.1. The number of nitrogens with zero attached hydrogens (tertiary/aromatic N) is 2. The van der Waals surface area contributed by atoms with E-state index < -0.39 is 5.91 Å². The molecule has 0 saturated heterocycles. The maximum Gasteiger partial charge on any atom is 0.227 e. The van der Waals surface area contributed by atoms with Gasteiger partial charge in [-0.25, -0.2) is 0 Å². The summed E-state index contributed by atoms with van der Waals surface area (Å²) >= 11 is 1.24. The summed E-state index contributed by atoms with van der Waals surface area (Å²) in [6.07, 6.45) is 0. The SMILES string of the molecule is COc1cc(-c2ccc(SCC(N)=O)nn2)cc(OC)c1OC. The summed E-state index contributed by atoms with van der Waals surface area (Å²) in [6, 6.07) is 7.17. The molecule has 0 saturated carbocycles. The van der Waals surface area contributed by atoms with Crippen molar-refractivity contribution in [3.05, 3.63) is 24.3 Å². The summed E-state index contributed by atoms with van der Waals surface area (Å²) in [5.41, 5.74) is 6.53. The van der Waals surface area contributed by atoms with Gasteiger partial charge in [0.15, 0.2) is 11.5 Å². The molecule has 8 heteroatoms. The van der Waals surface area contributed by atoms with Crippen LogP contribution in [0.5, 0.6) is 17.2 Å². The number of rotatable bonds is 7. The van der Waals surface area contributed by atoms with Gasteiger partial charge in [0.1, 0.15) is 5.03 Å². The van der Waals surface area contributed by atoms with Crippen LogP contribution in [-0.4, -0.2) is 43.2 Å². The first-order valence-electron chi connectivity index (χ1n) is 6.64. The van der Waals surface area contributed by atoms with Gasteiger partial charge in [0.2, 0.25) is 11.7 Å². The Morgan fingerprint density at radius 1 is 1.09 bits per heavy atom. The Hall–Kier alpha value is -2.48. The lowest BCUT2D eigenvalue weighted by Gasteiger charge is -2.13. The number of aromatic nitrogens is 2. The molecule has 1 aromatic carbocycles. The highest BCUT2D eigenvalue weighted by Gasteiger charge is 2.15. The van der Waals surface area contributed by atoms with E-state index >= 15 is 0 Å². The molecule has 2 aromatic rings. The quantitative estimate of drug-likeness (QED) is 0.770. The van der Waals surface area contributed by atoms with Gasteiger partial charge in [-0.1, -0.05) is 11.8 Å². The van der Waals surface area contributed by atoms with E-state index in [9.17, 15) is 4.79 Å². The third-order valence-corrected chi connectivity index (χ3v) is 3.91. The van der Waals surface area contributed by atoms with Crippen molar-refractivity contribution in [1.29, 1.82) is 0 Å². The zero-order chi connectivity index (χ0) is 16.8. The van der Waals surface area contributed by atoms with Crippen LogP contribution in [0.4, 0.5) is 0 Å². The third-order valence-electron chi connectivity index (χ3n) is 2.96. The molecule has 0 aliphatic rings. The highest BCUT2D eigenvalue weighted by molar-refractivity contribution is 7.99. The van der Waals surface area contributed by atoms with Crippen molar-refractivity contribution in [3.63, 3.8) is 0 Å². The van der Waals surface area contributed by atoms with Crippen molar-refractivity contribution in [2.24, 2.45) is 5.73 Å². The Morgan fingerprint density at radius 2 is 1.74 bits per heavy atom. The summed E-state index contributed by atoms with van der Waals surface area (Å²) in [5.74, 6) is 1.36. The molecule has 0 spiro atoms. The van der Waals surface area contributed by atoms with Gasteiger partial charge in [-0.2, -0.15) is 0 Å². The molecular formula is C15H17N3O4S. The maximum absolute atomic E-state index is 10.8. The number of amides is 1. The van der Waals surface area contributed by atoms with E-state index in [1.165, 1.54) is 11.8 Å². The van der Waals surface area contributed by atoms with Crippen LogP contribution in [0.2, 0.25) is 0 Å². The van der Waals surface area contributed by atoms with Crippen LogP contribution < -0.4 is 19.9 Å². The number of carbonyl (C=O) groups is 1. The first kappa shape index (κ1) is 16.9. The smallest absolute Gasteiger partial charge is 0.227 e. The second kappa shape index (κ2) is 7.68. The van der Waals surface area contributed by atoms with E-state index in [-0.39, 0.29) is 5.75 Å². The number of methoxy groups -OCH3 is 3. The average Bonchev–Trinajstić information content (AvgIpc) is 2.58. The van der Waals surface area contributed by atoms with Crippen molar-refractivity contribution in [2.45, 2.75) is 5.03 Å². The molecule has 7 nitrogen and oxygen atoms in total. The van der Waals surface area contributed by atoms with Crippen LogP contribution >= 0.6 is 11.8 Å². The summed E-state index contributed by atoms with van der Waals surface area (Å²) in [4.78, 5) is 10.8. The molecule has 2 rings (SSSR count). The fourth-order valence-electron chi connectivity index (χ4n) is 1.93. The van der Waals surface area contributed by atoms with Crippen LogP contribution in [0.3, 0.4) is 0 Å². The normalized spacial score (nSPS) is 10.2. The highest BCUT2D eigenvalue weighted by atomic mass is 32.2. The number of hydrogen-bond acceptors (Lipinski definition) is 7. The Balaban J connectivity index is 2.32. The molecule has 0 fully saturated rings. The lowest BCUT2D eigenvalue weighted by molar-refractivity contribution is -0.115. The van der Waals surface area contributed by atoms with Gasteiger partial charge in [0.25, 0.3) is 0 Å². The van der Waals surface area contributed by atoms with E-state index in [1.807, 2.05) is 0 Å². The van der Waals surface area contributed by atoms with Crippen LogP contribution in [0, 0.1) is 0 Å². The minimum Gasteiger partial charge on any atom is -0.493 e. The second-order valence-electron chi connectivity index (χ2n) is 4.43. The molecule has 122 valence electrons. The monoisotopic (exact) mass is 335 g/mol. The average molecular weight is 335 g/mol. The Morgan fingerprint density at radius 3 is 2.17 bits per heavy atom. The first-order chi connectivity index (χ1) is 11.1. The molecule has 0 aliphatic carbocycles. The molecule has 0 unspecified atom stereocenters. The Bertz CT molecular complexity index is 667. The molecule has 1 amide bonds. The molecular weight excluding hydrogens is 318 g/mol. The number of thioether (sulfide) groups is 1. The van der Waals surface area contributed by atoms with E-state index in [0.717, 1.165) is 5.56 Å². The van der Waals surface area contributed by atoms with E-state index in [4.69, 9.17) is 19.9 Å². The zero-order valence-corrected chi connectivity index (χ0v) is 13.8. The van der Waals surface area contributed by atoms with Crippen LogP contribution in [0.1, 0.15) is 0 Å². The number of carbonyl (C=O) groups excluding carboxylic acids is 1. The summed E-state index contributed by atoms with van der Waals surface area (Å²) in [6.45, 7) is 0. The molecule has 1 aromatic heterocycles. The second-order valence-corrected chi connectivity index (χ2v) is 5.42. The van der Waals surface area contributed by atoms with Gasteiger partial charge in [0.05, 0.1) is 32.8 Å². The Kier molecular flexibility index (Phi) is 5.64. The first-order valence-corrected chi connectivity index (χ1v) is 7.62. The topological polar surface area (TPSA) is 96.6 Å². The largest absolute Gasteiger partial charge is 0.493 e. The van der Waals surface area contributed by atoms with Gasteiger partial charge < -0.3 is 19.9 Å². The van der Waals surface area contributed by atoms with Gasteiger partial charge in [-0.05, 0) is 24.3 Å². The Labute approximate surface area is 138 Å². The zero-order valence-electron chi connectivity index (χ0n) is 13.0. The minimum absolute atomic E-state index is 0.165.